The molecule has 1 aromatic heterocycles. The molecule has 122 valence electrons. The number of amides is 1. The largest absolute Gasteiger partial charge is 0.343 e. The molecule has 2 aromatic rings. The van der Waals surface area contributed by atoms with E-state index in [0.29, 0.717) is 18.1 Å². The molecule has 3 rings (SSSR count). The fraction of sp³-hybridized carbons (Fsp3) is 0.500. The molecular weight excluding hydrogens is 290 g/mol. The average Bonchev–Trinajstić information content (AvgIpc) is 3.11. The molecule has 0 unspecified atom stereocenters. The maximum atomic E-state index is 12.1. The lowest BCUT2D eigenvalue weighted by atomic mass is 9.96. The highest BCUT2D eigenvalue weighted by Crippen LogP contribution is 2.28. The number of carbonyl (C=O) groups is 1. The predicted octanol–water partition coefficient (Wildman–Crippen LogP) is 3.63. The van der Waals surface area contributed by atoms with E-state index in [1.165, 1.54) is 0 Å². The standard InChI is InChI=1S/C18H23N3O2/c1-2-3-9-16(22)21-12-10-15(11-13-21)18-19-17(20-23-18)14-7-5-4-6-8-14/h4-8,15H,2-3,9-13H2,1H3. The minimum atomic E-state index is 0.259. The molecule has 2 heterocycles. The van der Waals surface area contributed by atoms with Crippen molar-refractivity contribution in [1.29, 1.82) is 0 Å². The summed E-state index contributed by atoms with van der Waals surface area (Å²) in [4.78, 5) is 18.6. The van der Waals surface area contributed by atoms with Crippen molar-refractivity contribution in [1.82, 2.24) is 15.0 Å². The maximum absolute atomic E-state index is 12.1. The van der Waals surface area contributed by atoms with E-state index < -0.39 is 0 Å². The lowest BCUT2D eigenvalue weighted by Gasteiger charge is -2.30. The van der Waals surface area contributed by atoms with Gasteiger partial charge in [-0.25, -0.2) is 0 Å². The van der Waals surface area contributed by atoms with Crippen molar-refractivity contribution < 1.29 is 9.32 Å². The first-order valence-corrected chi connectivity index (χ1v) is 8.44. The zero-order valence-corrected chi connectivity index (χ0v) is 13.6. The van der Waals surface area contributed by atoms with Gasteiger partial charge in [-0.2, -0.15) is 4.98 Å². The van der Waals surface area contributed by atoms with Crippen LogP contribution in [0.15, 0.2) is 34.9 Å². The lowest BCUT2D eigenvalue weighted by Crippen LogP contribution is -2.37. The van der Waals surface area contributed by atoms with E-state index in [2.05, 4.69) is 17.1 Å². The topological polar surface area (TPSA) is 59.2 Å². The van der Waals surface area contributed by atoms with Crippen LogP contribution in [-0.2, 0) is 4.79 Å². The van der Waals surface area contributed by atoms with E-state index >= 15 is 0 Å². The Morgan fingerprint density at radius 1 is 1.26 bits per heavy atom. The third-order valence-corrected chi connectivity index (χ3v) is 4.41. The van der Waals surface area contributed by atoms with Crippen LogP contribution in [0.4, 0.5) is 0 Å². The van der Waals surface area contributed by atoms with Gasteiger partial charge in [0.15, 0.2) is 0 Å². The first-order chi connectivity index (χ1) is 11.3. The summed E-state index contributed by atoms with van der Waals surface area (Å²) in [6.45, 7) is 3.69. The van der Waals surface area contributed by atoms with E-state index in [1.54, 1.807) is 0 Å². The van der Waals surface area contributed by atoms with E-state index in [-0.39, 0.29) is 11.8 Å². The fourth-order valence-corrected chi connectivity index (χ4v) is 2.97. The summed E-state index contributed by atoms with van der Waals surface area (Å²) in [5.74, 6) is 1.88. The molecule has 0 atom stereocenters. The lowest BCUT2D eigenvalue weighted by molar-refractivity contribution is -0.132. The molecule has 1 fully saturated rings. The van der Waals surface area contributed by atoms with Crippen molar-refractivity contribution in [2.75, 3.05) is 13.1 Å². The number of unbranched alkanes of at least 4 members (excludes halogenated alkanes) is 1. The first-order valence-electron chi connectivity index (χ1n) is 8.44. The molecule has 1 saturated heterocycles. The van der Waals surface area contributed by atoms with Gasteiger partial charge in [0.1, 0.15) is 0 Å². The van der Waals surface area contributed by atoms with Crippen LogP contribution >= 0.6 is 0 Å². The third kappa shape index (κ3) is 3.78. The molecule has 0 radical (unpaired) electrons. The summed E-state index contributed by atoms with van der Waals surface area (Å²) >= 11 is 0. The second kappa shape index (κ2) is 7.40. The molecule has 0 aliphatic carbocycles. The van der Waals surface area contributed by atoms with Gasteiger partial charge >= 0.3 is 0 Å². The molecule has 0 N–H and O–H groups in total. The zero-order chi connectivity index (χ0) is 16.1. The van der Waals surface area contributed by atoms with Crippen molar-refractivity contribution >= 4 is 5.91 Å². The first kappa shape index (κ1) is 15.7. The third-order valence-electron chi connectivity index (χ3n) is 4.41. The molecule has 1 aliphatic heterocycles. The smallest absolute Gasteiger partial charge is 0.230 e. The number of nitrogens with zero attached hydrogens (tertiary/aromatic N) is 3. The maximum Gasteiger partial charge on any atom is 0.230 e. The van der Waals surface area contributed by atoms with Gasteiger partial charge < -0.3 is 9.42 Å². The minimum Gasteiger partial charge on any atom is -0.343 e. The second-order valence-corrected chi connectivity index (χ2v) is 6.08. The number of benzene rings is 1. The highest BCUT2D eigenvalue weighted by molar-refractivity contribution is 5.76. The summed E-state index contributed by atoms with van der Waals surface area (Å²) in [5.41, 5.74) is 0.967. The van der Waals surface area contributed by atoms with Gasteiger partial charge in [0.2, 0.25) is 17.6 Å². The Hall–Kier alpha value is -2.17. The molecule has 23 heavy (non-hydrogen) atoms. The minimum absolute atomic E-state index is 0.259. The van der Waals surface area contributed by atoms with Crippen LogP contribution in [0.1, 0.15) is 50.8 Å². The molecule has 0 saturated carbocycles. The Morgan fingerprint density at radius 2 is 2.00 bits per heavy atom. The Balaban J connectivity index is 1.58. The van der Waals surface area contributed by atoms with Gasteiger partial charge in [-0.05, 0) is 19.3 Å². The van der Waals surface area contributed by atoms with Gasteiger partial charge in [0.25, 0.3) is 0 Å². The number of rotatable bonds is 5. The molecule has 0 bridgehead atoms. The van der Waals surface area contributed by atoms with Gasteiger partial charge in [-0.1, -0.05) is 48.8 Å². The highest BCUT2D eigenvalue weighted by Gasteiger charge is 2.27. The summed E-state index contributed by atoms with van der Waals surface area (Å²) in [7, 11) is 0. The number of carbonyl (C=O) groups excluding carboxylic acids is 1. The molecular formula is C18H23N3O2. The van der Waals surface area contributed by atoms with Gasteiger partial charge in [0, 0.05) is 31.0 Å². The second-order valence-electron chi connectivity index (χ2n) is 6.08. The van der Waals surface area contributed by atoms with E-state index in [4.69, 9.17) is 4.52 Å². The molecule has 1 aliphatic rings. The average molecular weight is 313 g/mol. The number of aromatic nitrogens is 2. The molecule has 1 amide bonds. The SMILES string of the molecule is CCCCC(=O)N1CCC(c2nc(-c3ccccc3)no2)CC1. The summed E-state index contributed by atoms with van der Waals surface area (Å²) in [6, 6.07) is 9.85. The number of hydrogen-bond donors (Lipinski definition) is 0. The molecule has 0 spiro atoms. The van der Waals surface area contributed by atoms with Crippen LogP contribution in [0, 0.1) is 0 Å². The Kier molecular flexibility index (Phi) is 5.05. The molecule has 5 heteroatoms. The Morgan fingerprint density at radius 3 is 2.70 bits per heavy atom. The van der Waals surface area contributed by atoms with Gasteiger partial charge in [-0.3, -0.25) is 4.79 Å². The number of likely N-dealkylation sites (tertiary alicyclic amines) is 1. The Labute approximate surface area is 136 Å². The van der Waals surface area contributed by atoms with E-state index in [0.717, 1.165) is 44.3 Å². The monoisotopic (exact) mass is 313 g/mol. The van der Waals surface area contributed by atoms with Crippen LogP contribution in [0.3, 0.4) is 0 Å². The number of piperidine rings is 1. The van der Waals surface area contributed by atoms with Gasteiger partial charge in [0.05, 0.1) is 0 Å². The van der Waals surface area contributed by atoms with E-state index in [9.17, 15) is 4.79 Å². The molecule has 5 nitrogen and oxygen atoms in total. The van der Waals surface area contributed by atoms with Crippen molar-refractivity contribution in [2.24, 2.45) is 0 Å². The van der Waals surface area contributed by atoms with Crippen LogP contribution in [0.25, 0.3) is 11.4 Å². The van der Waals surface area contributed by atoms with Crippen molar-refractivity contribution in [3.05, 3.63) is 36.2 Å². The number of hydrogen-bond acceptors (Lipinski definition) is 4. The van der Waals surface area contributed by atoms with Crippen LogP contribution in [0.5, 0.6) is 0 Å². The quantitative estimate of drug-likeness (QED) is 0.845. The zero-order valence-electron chi connectivity index (χ0n) is 13.6. The Bertz CT molecular complexity index is 631. The van der Waals surface area contributed by atoms with E-state index in [1.807, 2.05) is 35.2 Å². The van der Waals surface area contributed by atoms with Gasteiger partial charge in [-0.15, -0.1) is 0 Å². The van der Waals surface area contributed by atoms with Crippen molar-refractivity contribution in [3.63, 3.8) is 0 Å². The predicted molar refractivity (Wildman–Crippen MR) is 87.8 cm³/mol. The summed E-state index contributed by atoms with van der Waals surface area (Å²) < 4.78 is 5.45. The van der Waals surface area contributed by atoms with Crippen LogP contribution in [-0.4, -0.2) is 34.0 Å². The van der Waals surface area contributed by atoms with Crippen LogP contribution in [0.2, 0.25) is 0 Å². The highest BCUT2D eigenvalue weighted by atomic mass is 16.5. The van der Waals surface area contributed by atoms with Crippen molar-refractivity contribution in [2.45, 2.75) is 44.9 Å². The van der Waals surface area contributed by atoms with Crippen LogP contribution < -0.4 is 0 Å². The van der Waals surface area contributed by atoms with Crippen molar-refractivity contribution in [3.8, 4) is 11.4 Å². The summed E-state index contributed by atoms with van der Waals surface area (Å²) in [6.07, 6.45) is 4.50. The normalized spacial score (nSPS) is 15.8. The fourth-order valence-electron chi connectivity index (χ4n) is 2.97. The summed E-state index contributed by atoms with van der Waals surface area (Å²) in [5, 5.41) is 4.09. The molecule has 1 aromatic carbocycles.